The Morgan fingerprint density at radius 3 is 1.26 bits per heavy atom. The minimum absolute atomic E-state index is 0.00293. The van der Waals surface area contributed by atoms with Crippen LogP contribution in [0.1, 0.15) is 44.7 Å². The Bertz CT molecular complexity index is 670. The van der Waals surface area contributed by atoms with Crippen LogP contribution in [0.4, 0.5) is 0 Å². The summed E-state index contributed by atoms with van der Waals surface area (Å²) >= 11 is 0. The molecule has 9 nitrogen and oxygen atoms in total. The fourth-order valence-corrected chi connectivity index (χ4v) is 3.16. The van der Waals surface area contributed by atoms with E-state index in [-0.39, 0.29) is 33.0 Å². The molecule has 0 aliphatic carbocycles. The van der Waals surface area contributed by atoms with Crippen LogP contribution in [-0.2, 0) is 44.7 Å². The molecule has 172 valence electrons. The molecule has 0 atom stereocenters. The van der Waals surface area contributed by atoms with Gasteiger partial charge in [0.1, 0.15) is 0 Å². The molecule has 0 aromatic heterocycles. The molecule has 0 unspecified atom stereocenters. The van der Waals surface area contributed by atoms with Gasteiger partial charge in [-0.3, -0.25) is 19.2 Å². The number of rotatable bonds is 12. The molecule has 1 rings (SSSR count). The van der Waals surface area contributed by atoms with Gasteiger partial charge in [-0.2, -0.15) is 0 Å². The van der Waals surface area contributed by atoms with Gasteiger partial charge in [0.05, 0.1) is 26.4 Å². The van der Waals surface area contributed by atoms with Gasteiger partial charge < -0.3 is 24.7 Å². The van der Waals surface area contributed by atoms with Crippen molar-refractivity contribution < 1.29 is 38.1 Å². The van der Waals surface area contributed by atoms with E-state index < -0.39 is 41.6 Å². The van der Waals surface area contributed by atoms with Crippen molar-refractivity contribution >= 4 is 23.9 Å². The zero-order valence-corrected chi connectivity index (χ0v) is 18.4. The molecule has 1 aromatic rings. The molecule has 0 aliphatic rings. The number of hydrogen-bond donors (Lipinski definition) is 1. The van der Waals surface area contributed by atoms with Gasteiger partial charge >= 0.3 is 23.9 Å². The molecule has 9 heteroatoms. The number of ether oxygens (including phenoxy) is 4. The lowest BCUT2D eigenvalue weighted by Crippen LogP contribution is -2.43. The van der Waals surface area contributed by atoms with E-state index in [2.05, 4.69) is 0 Å². The van der Waals surface area contributed by atoms with Crippen molar-refractivity contribution in [2.75, 3.05) is 26.4 Å². The van der Waals surface area contributed by atoms with E-state index in [1.807, 2.05) is 0 Å². The van der Waals surface area contributed by atoms with E-state index in [1.165, 1.54) is 0 Å². The lowest BCUT2D eigenvalue weighted by molar-refractivity contribution is -0.169. The Morgan fingerprint density at radius 2 is 1.00 bits per heavy atom. The van der Waals surface area contributed by atoms with Crippen LogP contribution >= 0.6 is 0 Å². The van der Waals surface area contributed by atoms with E-state index in [4.69, 9.17) is 24.7 Å². The van der Waals surface area contributed by atoms with Crippen LogP contribution in [-0.4, -0.2) is 50.3 Å². The summed E-state index contributed by atoms with van der Waals surface area (Å²) in [5.41, 5.74) is 6.81. The second-order valence-electron chi connectivity index (χ2n) is 6.44. The Hall–Kier alpha value is -2.94. The lowest BCUT2D eigenvalue weighted by atomic mass is 9.76. The zero-order valence-electron chi connectivity index (χ0n) is 18.4. The number of carbonyl (C=O) groups excluding carboxylic acids is 4. The predicted octanol–water partition coefficient (Wildman–Crippen LogP) is 1.71. The molecule has 0 heterocycles. The lowest BCUT2D eigenvalue weighted by Gasteiger charge is -2.29. The summed E-state index contributed by atoms with van der Waals surface area (Å²) in [6.07, 6.45) is 0. The largest absolute Gasteiger partial charge is 0.465 e. The summed E-state index contributed by atoms with van der Waals surface area (Å²) < 4.78 is 20.3. The zero-order chi connectivity index (χ0) is 23.4. The Kier molecular flexibility index (Phi) is 11.3. The predicted molar refractivity (Wildman–Crippen MR) is 111 cm³/mol. The molecule has 0 radical (unpaired) electrons. The number of carbonyl (C=O) groups is 4. The molecule has 0 fully saturated rings. The van der Waals surface area contributed by atoms with Gasteiger partial charge in [-0.25, -0.2) is 0 Å². The summed E-state index contributed by atoms with van der Waals surface area (Å²) in [6, 6.07) is 6.57. The van der Waals surface area contributed by atoms with Crippen LogP contribution in [0, 0.1) is 11.8 Å². The second kappa shape index (κ2) is 13.4. The van der Waals surface area contributed by atoms with Gasteiger partial charge in [0, 0.05) is 12.5 Å². The third kappa shape index (κ3) is 7.06. The highest BCUT2D eigenvalue weighted by Gasteiger charge is 2.49. The minimum Gasteiger partial charge on any atom is -0.465 e. The second-order valence-corrected chi connectivity index (χ2v) is 6.44. The van der Waals surface area contributed by atoms with Crippen LogP contribution in [0.5, 0.6) is 0 Å². The van der Waals surface area contributed by atoms with Crippen LogP contribution in [0.15, 0.2) is 24.3 Å². The Labute approximate surface area is 182 Å². The van der Waals surface area contributed by atoms with Crippen LogP contribution in [0.3, 0.4) is 0 Å². The first-order valence-electron chi connectivity index (χ1n) is 10.3. The van der Waals surface area contributed by atoms with Gasteiger partial charge in [0.15, 0.2) is 11.8 Å². The van der Waals surface area contributed by atoms with E-state index in [1.54, 1.807) is 52.0 Å². The first kappa shape index (κ1) is 26.1. The first-order chi connectivity index (χ1) is 14.9. The Balaban J connectivity index is 3.70. The van der Waals surface area contributed by atoms with Gasteiger partial charge in [-0.1, -0.05) is 24.3 Å². The van der Waals surface area contributed by atoms with E-state index in [0.717, 1.165) is 5.56 Å². The quantitative estimate of drug-likeness (QED) is 0.295. The number of esters is 4. The summed E-state index contributed by atoms with van der Waals surface area (Å²) in [4.78, 5) is 51.3. The topological polar surface area (TPSA) is 131 Å². The average Bonchev–Trinajstić information content (AvgIpc) is 2.74. The molecular weight excluding hydrogens is 406 g/mol. The summed E-state index contributed by atoms with van der Waals surface area (Å²) in [5.74, 6) is -8.06. The Morgan fingerprint density at radius 1 is 0.677 bits per heavy atom. The molecule has 0 saturated carbocycles. The number of benzene rings is 1. The monoisotopic (exact) mass is 437 g/mol. The van der Waals surface area contributed by atoms with Crippen LogP contribution < -0.4 is 5.73 Å². The van der Waals surface area contributed by atoms with Gasteiger partial charge in [0.25, 0.3) is 0 Å². The highest BCUT2D eigenvalue weighted by atomic mass is 16.6. The molecule has 0 spiro atoms. The fraction of sp³-hybridized carbons (Fsp3) is 0.545. The molecule has 1 aromatic carbocycles. The molecule has 2 N–H and O–H groups in total. The van der Waals surface area contributed by atoms with Crippen LogP contribution in [0.25, 0.3) is 0 Å². The maximum absolute atomic E-state index is 12.8. The summed E-state index contributed by atoms with van der Waals surface area (Å²) in [6.45, 7) is 6.59. The molecule has 0 saturated heterocycles. The van der Waals surface area contributed by atoms with Crippen molar-refractivity contribution in [3.05, 3.63) is 35.4 Å². The summed E-state index contributed by atoms with van der Waals surface area (Å²) in [7, 11) is 0. The molecule has 0 aliphatic heterocycles. The highest BCUT2D eigenvalue weighted by Crippen LogP contribution is 2.36. The van der Waals surface area contributed by atoms with Crippen molar-refractivity contribution in [2.24, 2.45) is 17.6 Å². The molecule has 0 bridgehead atoms. The maximum atomic E-state index is 12.8. The number of nitrogens with two attached hydrogens (primary N) is 1. The fourth-order valence-electron chi connectivity index (χ4n) is 3.16. The molecule has 0 amide bonds. The highest BCUT2D eigenvalue weighted by molar-refractivity contribution is 6.01. The van der Waals surface area contributed by atoms with E-state index in [9.17, 15) is 19.2 Å². The van der Waals surface area contributed by atoms with E-state index in [0.29, 0.717) is 5.56 Å². The van der Waals surface area contributed by atoms with Crippen molar-refractivity contribution in [3.8, 4) is 0 Å². The van der Waals surface area contributed by atoms with Crippen molar-refractivity contribution in [2.45, 2.75) is 40.2 Å². The van der Waals surface area contributed by atoms with Gasteiger partial charge in [0.2, 0.25) is 0 Å². The summed E-state index contributed by atoms with van der Waals surface area (Å²) in [5, 5.41) is 0. The smallest absolute Gasteiger partial charge is 0.320 e. The normalized spacial score (nSPS) is 10.8. The third-order valence-corrected chi connectivity index (χ3v) is 4.48. The van der Waals surface area contributed by atoms with Crippen molar-refractivity contribution in [1.29, 1.82) is 0 Å². The van der Waals surface area contributed by atoms with Crippen LogP contribution in [0.2, 0.25) is 0 Å². The SMILES string of the molecule is CCOC(=O)C(C(=O)OCC)C(c1ccc(CN)cc1)C(C(=O)OCC)C(=O)OCC. The van der Waals surface area contributed by atoms with Gasteiger partial charge in [-0.05, 0) is 38.8 Å². The standard InChI is InChI=1S/C22H31NO8/c1-5-28-19(24)17(20(25)29-6-2)16(15-11-9-14(13-23)10-12-15)18(21(26)30-7-3)22(27)31-8-4/h9-12,16-18H,5-8,13,23H2,1-4H3. The maximum Gasteiger partial charge on any atom is 0.320 e. The average molecular weight is 437 g/mol. The minimum atomic E-state index is -1.58. The third-order valence-electron chi connectivity index (χ3n) is 4.48. The molecular formula is C22H31NO8. The number of hydrogen-bond acceptors (Lipinski definition) is 9. The van der Waals surface area contributed by atoms with E-state index >= 15 is 0 Å². The van der Waals surface area contributed by atoms with Gasteiger partial charge in [-0.15, -0.1) is 0 Å². The van der Waals surface area contributed by atoms with Crippen molar-refractivity contribution in [1.82, 2.24) is 0 Å². The van der Waals surface area contributed by atoms with Crippen molar-refractivity contribution in [3.63, 3.8) is 0 Å². The molecule has 31 heavy (non-hydrogen) atoms. The first-order valence-corrected chi connectivity index (χ1v) is 10.3.